The Morgan fingerprint density at radius 2 is 2.33 bits per heavy atom. The minimum Gasteiger partial charge on any atom is -0.476 e. The summed E-state index contributed by atoms with van der Waals surface area (Å²) in [4.78, 5) is 31.8. The molecule has 2 N–H and O–H groups in total. The SMILES string of the molecule is O=C(O)c1nc(Br)cnc1N1CC(CO)CC1=O. The first-order valence-electron chi connectivity index (χ1n) is 5.20. The number of aliphatic hydroxyl groups is 1. The van der Waals surface area contributed by atoms with E-state index in [1.54, 1.807) is 0 Å². The highest BCUT2D eigenvalue weighted by Crippen LogP contribution is 2.26. The monoisotopic (exact) mass is 315 g/mol. The van der Waals surface area contributed by atoms with Crippen LogP contribution in [0.25, 0.3) is 0 Å². The van der Waals surface area contributed by atoms with Gasteiger partial charge in [-0.05, 0) is 15.9 Å². The van der Waals surface area contributed by atoms with Gasteiger partial charge >= 0.3 is 5.97 Å². The van der Waals surface area contributed by atoms with Crippen LogP contribution in [-0.4, -0.2) is 45.2 Å². The molecule has 2 heterocycles. The third-order valence-electron chi connectivity index (χ3n) is 2.65. The molecule has 0 aliphatic carbocycles. The molecule has 1 aromatic heterocycles. The number of carbonyl (C=O) groups excluding carboxylic acids is 1. The molecule has 1 aromatic rings. The zero-order valence-corrected chi connectivity index (χ0v) is 10.8. The summed E-state index contributed by atoms with van der Waals surface area (Å²) in [6.45, 7) is 0.139. The summed E-state index contributed by atoms with van der Waals surface area (Å²) < 4.78 is 0.286. The number of amides is 1. The zero-order chi connectivity index (χ0) is 13.3. The third-order valence-corrected chi connectivity index (χ3v) is 3.03. The van der Waals surface area contributed by atoms with Crippen LogP contribution in [0.4, 0.5) is 5.82 Å². The quantitative estimate of drug-likeness (QED) is 0.830. The summed E-state index contributed by atoms with van der Waals surface area (Å²) in [6, 6.07) is 0. The van der Waals surface area contributed by atoms with E-state index < -0.39 is 5.97 Å². The minimum absolute atomic E-state index is 0.0200. The second-order valence-electron chi connectivity index (χ2n) is 3.93. The number of carbonyl (C=O) groups is 2. The number of rotatable bonds is 3. The van der Waals surface area contributed by atoms with Gasteiger partial charge < -0.3 is 10.2 Å². The number of halogens is 1. The summed E-state index contributed by atoms with van der Waals surface area (Å²) in [6.07, 6.45) is 1.52. The van der Waals surface area contributed by atoms with Crippen molar-refractivity contribution in [3.8, 4) is 0 Å². The van der Waals surface area contributed by atoms with Gasteiger partial charge in [0.05, 0.1) is 6.20 Å². The summed E-state index contributed by atoms with van der Waals surface area (Å²) >= 11 is 3.03. The van der Waals surface area contributed by atoms with Crippen molar-refractivity contribution in [2.24, 2.45) is 5.92 Å². The predicted molar refractivity (Wildman–Crippen MR) is 64.2 cm³/mol. The summed E-state index contributed by atoms with van der Waals surface area (Å²) in [5, 5.41) is 18.1. The Morgan fingerprint density at radius 3 is 2.89 bits per heavy atom. The standard InChI is InChI=1S/C10H10BrN3O4/c11-6-2-12-9(8(13-6)10(17)18)14-3-5(4-15)1-7(14)16/h2,5,15H,1,3-4H2,(H,17,18). The predicted octanol–water partition coefficient (Wildman–Crippen LogP) is 0.282. The number of carboxylic acid groups (broad SMARTS) is 1. The molecular formula is C10H10BrN3O4. The van der Waals surface area contributed by atoms with Gasteiger partial charge in [0.1, 0.15) is 4.60 Å². The van der Waals surface area contributed by atoms with Crippen LogP contribution in [0.1, 0.15) is 16.9 Å². The lowest BCUT2D eigenvalue weighted by Crippen LogP contribution is -2.28. The van der Waals surface area contributed by atoms with Crippen molar-refractivity contribution in [2.75, 3.05) is 18.1 Å². The van der Waals surface area contributed by atoms with Crippen LogP contribution in [0.3, 0.4) is 0 Å². The maximum Gasteiger partial charge on any atom is 0.358 e. The van der Waals surface area contributed by atoms with Gasteiger partial charge in [0.2, 0.25) is 5.91 Å². The van der Waals surface area contributed by atoms with Gasteiger partial charge in [-0.1, -0.05) is 0 Å². The number of hydrogen-bond donors (Lipinski definition) is 2. The topological polar surface area (TPSA) is 104 Å². The van der Waals surface area contributed by atoms with Crippen LogP contribution in [0, 0.1) is 5.92 Å². The van der Waals surface area contributed by atoms with Crippen molar-refractivity contribution in [2.45, 2.75) is 6.42 Å². The van der Waals surface area contributed by atoms with Gasteiger partial charge in [-0.15, -0.1) is 0 Å². The Balaban J connectivity index is 2.39. The third kappa shape index (κ3) is 2.34. The lowest BCUT2D eigenvalue weighted by molar-refractivity contribution is -0.117. The molecule has 1 atom stereocenters. The second kappa shape index (κ2) is 4.99. The summed E-state index contributed by atoms with van der Waals surface area (Å²) in [5.41, 5.74) is -0.281. The van der Waals surface area contributed by atoms with E-state index in [-0.39, 0.29) is 47.5 Å². The van der Waals surface area contributed by atoms with E-state index in [9.17, 15) is 9.59 Å². The number of aliphatic hydroxyl groups excluding tert-OH is 1. The maximum atomic E-state index is 11.7. The van der Waals surface area contributed by atoms with E-state index in [2.05, 4.69) is 25.9 Å². The fourth-order valence-corrected chi connectivity index (χ4v) is 2.09. The first kappa shape index (κ1) is 12.9. The van der Waals surface area contributed by atoms with E-state index in [0.29, 0.717) is 0 Å². The molecular weight excluding hydrogens is 306 g/mol. The first-order valence-corrected chi connectivity index (χ1v) is 5.99. The Morgan fingerprint density at radius 1 is 1.61 bits per heavy atom. The van der Waals surface area contributed by atoms with Crippen molar-refractivity contribution < 1.29 is 19.8 Å². The molecule has 1 aliphatic rings. The van der Waals surface area contributed by atoms with Gasteiger partial charge in [-0.2, -0.15) is 0 Å². The van der Waals surface area contributed by atoms with Crippen LogP contribution >= 0.6 is 15.9 Å². The molecule has 1 fully saturated rings. The van der Waals surface area contributed by atoms with Gasteiger partial charge in [0, 0.05) is 25.5 Å². The number of aromatic nitrogens is 2. The summed E-state index contributed by atoms with van der Waals surface area (Å²) in [5.74, 6) is -1.68. The zero-order valence-electron chi connectivity index (χ0n) is 9.21. The molecule has 0 saturated carbocycles. The fourth-order valence-electron chi connectivity index (χ4n) is 1.81. The lowest BCUT2D eigenvalue weighted by Gasteiger charge is -2.16. The van der Waals surface area contributed by atoms with Crippen molar-refractivity contribution in [3.05, 3.63) is 16.5 Å². The largest absolute Gasteiger partial charge is 0.476 e. The van der Waals surface area contributed by atoms with Gasteiger partial charge in [0.25, 0.3) is 0 Å². The normalized spacial score (nSPS) is 19.3. The van der Waals surface area contributed by atoms with E-state index >= 15 is 0 Å². The number of nitrogens with zero attached hydrogens (tertiary/aromatic N) is 3. The van der Waals surface area contributed by atoms with E-state index in [1.165, 1.54) is 11.1 Å². The lowest BCUT2D eigenvalue weighted by atomic mass is 10.1. The van der Waals surface area contributed by atoms with Crippen molar-refractivity contribution in [1.82, 2.24) is 9.97 Å². The Hall–Kier alpha value is -1.54. The summed E-state index contributed by atoms with van der Waals surface area (Å²) in [7, 11) is 0. The maximum absolute atomic E-state index is 11.7. The van der Waals surface area contributed by atoms with Crippen molar-refractivity contribution in [1.29, 1.82) is 0 Å². The molecule has 1 saturated heterocycles. The second-order valence-corrected chi connectivity index (χ2v) is 4.74. The average molecular weight is 316 g/mol. The first-order chi connectivity index (χ1) is 8.52. The Labute approximate surface area is 111 Å². The highest BCUT2D eigenvalue weighted by atomic mass is 79.9. The van der Waals surface area contributed by atoms with Crippen molar-refractivity contribution in [3.63, 3.8) is 0 Å². The number of anilines is 1. The van der Waals surface area contributed by atoms with Gasteiger partial charge in [-0.3, -0.25) is 9.69 Å². The van der Waals surface area contributed by atoms with Crippen LogP contribution in [0.5, 0.6) is 0 Å². The van der Waals surface area contributed by atoms with Crippen LogP contribution < -0.4 is 4.90 Å². The highest BCUT2D eigenvalue weighted by molar-refractivity contribution is 9.10. The number of aromatic carboxylic acids is 1. The molecule has 0 radical (unpaired) electrons. The number of hydrogen-bond acceptors (Lipinski definition) is 5. The van der Waals surface area contributed by atoms with Crippen molar-refractivity contribution >= 4 is 33.6 Å². The molecule has 2 rings (SSSR count). The molecule has 1 unspecified atom stereocenters. The fraction of sp³-hybridized carbons (Fsp3) is 0.400. The smallest absolute Gasteiger partial charge is 0.358 e. The molecule has 18 heavy (non-hydrogen) atoms. The van der Waals surface area contributed by atoms with Crippen LogP contribution in [-0.2, 0) is 4.79 Å². The highest BCUT2D eigenvalue weighted by Gasteiger charge is 2.33. The van der Waals surface area contributed by atoms with E-state index in [1.807, 2.05) is 0 Å². The molecule has 0 aromatic carbocycles. The van der Waals surface area contributed by atoms with Gasteiger partial charge in [0.15, 0.2) is 11.5 Å². The van der Waals surface area contributed by atoms with Crippen LogP contribution in [0.15, 0.2) is 10.8 Å². The Bertz CT molecular complexity index is 508. The number of carboxylic acids is 1. The molecule has 0 spiro atoms. The molecule has 7 nitrogen and oxygen atoms in total. The minimum atomic E-state index is -1.25. The van der Waals surface area contributed by atoms with Gasteiger partial charge in [-0.25, -0.2) is 14.8 Å². The molecule has 8 heteroatoms. The van der Waals surface area contributed by atoms with Crippen LogP contribution in [0.2, 0.25) is 0 Å². The molecule has 0 bridgehead atoms. The average Bonchev–Trinajstić information content (AvgIpc) is 2.70. The molecule has 1 aliphatic heterocycles. The molecule has 1 amide bonds. The molecule has 96 valence electrons. The van der Waals surface area contributed by atoms with E-state index in [4.69, 9.17) is 10.2 Å². The van der Waals surface area contributed by atoms with E-state index in [0.717, 1.165) is 0 Å². The Kier molecular flexibility index (Phi) is 3.58.